The van der Waals surface area contributed by atoms with Crippen molar-refractivity contribution in [2.45, 2.75) is 25.3 Å². The highest BCUT2D eigenvalue weighted by atomic mass is 32.2. The van der Waals surface area contributed by atoms with Gasteiger partial charge in [0.15, 0.2) is 0 Å². The molecule has 0 saturated carbocycles. The number of hydrogen-bond acceptors (Lipinski definition) is 5. The minimum Gasteiger partial charge on any atom is -0.239 e. The van der Waals surface area contributed by atoms with Crippen LogP contribution in [0.5, 0.6) is 0 Å². The van der Waals surface area contributed by atoms with Gasteiger partial charge in [0.05, 0.1) is 22.4 Å². The van der Waals surface area contributed by atoms with Crippen LogP contribution in [0.3, 0.4) is 0 Å². The van der Waals surface area contributed by atoms with Crippen LogP contribution in [-0.4, -0.2) is 19.2 Å². The van der Waals surface area contributed by atoms with E-state index >= 15 is 0 Å². The van der Waals surface area contributed by atoms with Crippen LogP contribution >= 0.6 is 22.7 Å². The van der Waals surface area contributed by atoms with E-state index in [4.69, 9.17) is 4.98 Å². The van der Waals surface area contributed by atoms with Crippen LogP contribution in [0, 0.1) is 0 Å². The zero-order chi connectivity index (χ0) is 21.5. The number of aryl methyl sites for hydroxylation is 1. The molecule has 2 aromatic heterocycles. The molecule has 7 heteroatoms. The van der Waals surface area contributed by atoms with E-state index in [1.807, 2.05) is 83.6 Å². The summed E-state index contributed by atoms with van der Waals surface area (Å²) in [5, 5.41) is 4.91. The molecule has 1 unspecified atom stereocenters. The SMILES string of the molecule is O=S(=O)(CCCc1ccccc1)NC(Cc1ccccc1)c1csc(-c2cccs2)n1. The fourth-order valence-corrected chi connectivity index (χ4v) is 6.37. The highest BCUT2D eigenvalue weighted by Crippen LogP contribution is 2.31. The Bertz CT molecular complexity index is 1170. The van der Waals surface area contributed by atoms with Gasteiger partial charge in [0.25, 0.3) is 0 Å². The van der Waals surface area contributed by atoms with Crippen molar-refractivity contribution in [1.29, 1.82) is 0 Å². The summed E-state index contributed by atoms with van der Waals surface area (Å²) in [7, 11) is -3.45. The van der Waals surface area contributed by atoms with Crippen molar-refractivity contribution < 1.29 is 8.42 Å². The van der Waals surface area contributed by atoms with Crippen molar-refractivity contribution in [3.05, 3.63) is 100 Å². The Morgan fingerprint density at radius 2 is 1.58 bits per heavy atom. The Morgan fingerprint density at radius 3 is 2.26 bits per heavy atom. The second-order valence-corrected chi connectivity index (χ2v) is 11.0. The van der Waals surface area contributed by atoms with E-state index in [0.717, 1.165) is 33.1 Å². The standard InChI is InChI=1S/C24H24N2O2S3/c27-31(28,16-8-13-19-9-3-1-4-10-19)26-21(17-20-11-5-2-6-12-20)22-18-30-24(25-22)23-14-7-15-29-23/h1-7,9-12,14-15,18,21,26H,8,13,16-17H2. The summed E-state index contributed by atoms with van der Waals surface area (Å²) >= 11 is 3.19. The summed E-state index contributed by atoms with van der Waals surface area (Å²) in [5.41, 5.74) is 2.99. The highest BCUT2D eigenvalue weighted by Gasteiger charge is 2.22. The normalized spacial score (nSPS) is 12.6. The summed E-state index contributed by atoms with van der Waals surface area (Å²) in [6.07, 6.45) is 1.88. The van der Waals surface area contributed by atoms with Gasteiger partial charge >= 0.3 is 0 Å². The van der Waals surface area contributed by atoms with E-state index in [-0.39, 0.29) is 5.75 Å². The number of rotatable bonds is 10. The van der Waals surface area contributed by atoms with Crippen molar-refractivity contribution in [3.8, 4) is 9.88 Å². The van der Waals surface area contributed by atoms with Crippen LogP contribution in [0.4, 0.5) is 0 Å². The molecule has 0 amide bonds. The summed E-state index contributed by atoms with van der Waals surface area (Å²) in [5.74, 6) is 0.0924. The highest BCUT2D eigenvalue weighted by molar-refractivity contribution is 7.89. The Hall–Kier alpha value is -2.32. The molecule has 0 spiro atoms. The first-order chi connectivity index (χ1) is 15.1. The molecule has 2 heterocycles. The number of sulfonamides is 1. The summed E-state index contributed by atoms with van der Waals surface area (Å²) < 4.78 is 28.7. The van der Waals surface area contributed by atoms with Gasteiger partial charge in [-0.15, -0.1) is 22.7 Å². The lowest BCUT2D eigenvalue weighted by atomic mass is 10.1. The summed E-state index contributed by atoms with van der Waals surface area (Å²) in [4.78, 5) is 5.86. The number of aromatic nitrogens is 1. The van der Waals surface area contributed by atoms with Crippen molar-refractivity contribution in [2.24, 2.45) is 0 Å². The molecule has 0 fully saturated rings. The third-order valence-corrected chi connectivity index (χ3v) is 8.31. The van der Waals surface area contributed by atoms with E-state index in [0.29, 0.717) is 12.8 Å². The quantitative estimate of drug-likeness (QED) is 0.324. The molecule has 0 aliphatic carbocycles. The second-order valence-electron chi connectivity index (χ2n) is 7.32. The van der Waals surface area contributed by atoms with Gasteiger partial charge in [-0.2, -0.15) is 0 Å². The van der Waals surface area contributed by atoms with E-state index in [2.05, 4.69) is 4.72 Å². The van der Waals surface area contributed by atoms with Gasteiger partial charge in [-0.25, -0.2) is 18.1 Å². The first-order valence-corrected chi connectivity index (χ1v) is 13.6. The molecule has 4 nitrogen and oxygen atoms in total. The van der Waals surface area contributed by atoms with Gasteiger partial charge in [-0.05, 0) is 41.8 Å². The van der Waals surface area contributed by atoms with Gasteiger partial charge in [0, 0.05) is 5.38 Å². The topological polar surface area (TPSA) is 59.1 Å². The van der Waals surface area contributed by atoms with E-state index in [1.54, 1.807) is 22.7 Å². The predicted octanol–water partition coefficient (Wildman–Crippen LogP) is 5.71. The number of nitrogens with one attached hydrogen (secondary N) is 1. The summed E-state index contributed by atoms with van der Waals surface area (Å²) in [6, 6.07) is 23.6. The van der Waals surface area contributed by atoms with E-state index < -0.39 is 16.1 Å². The van der Waals surface area contributed by atoms with Crippen LogP contribution < -0.4 is 4.72 Å². The Morgan fingerprint density at radius 1 is 0.871 bits per heavy atom. The van der Waals surface area contributed by atoms with Crippen LogP contribution in [0.15, 0.2) is 83.6 Å². The maximum atomic E-state index is 12.9. The molecule has 2 aromatic carbocycles. The lowest BCUT2D eigenvalue weighted by Gasteiger charge is -2.17. The molecule has 0 aliphatic rings. The average molecular weight is 469 g/mol. The molecular formula is C24H24N2O2S3. The minimum atomic E-state index is -3.45. The molecule has 4 aromatic rings. The molecule has 0 bridgehead atoms. The first kappa shape index (κ1) is 21.9. The molecule has 160 valence electrons. The average Bonchev–Trinajstić information content (AvgIpc) is 3.47. The van der Waals surface area contributed by atoms with Gasteiger partial charge in [-0.3, -0.25) is 0 Å². The van der Waals surface area contributed by atoms with Gasteiger partial charge in [0.2, 0.25) is 10.0 Å². The molecule has 0 saturated heterocycles. The number of hydrogen-bond donors (Lipinski definition) is 1. The maximum absolute atomic E-state index is 12.9. The lowest BCUT2D eigenvalue weighted by Crippen LogP contribution is -2.32. The van der Waals surface area contributed by atoms with Crippen molar-refractivity contribution in [2.75, 3.05) is 5.75 Å². The largest absolute Gasteiger partial charge is 0.239 e. The fourth-order valence-electron chi connectivity index (χ4n) is 3.40. The Balaban J connectivity index is 1.48. The second kappa shape index (κ2) is 10.3. The summed E-state index contributed by atoms with van der Waals surface area (Å²) in [6.45, 7) is 0. The first-order valence-electron chi connectivity index (χ1n) is 10.2. The molecular weight excluding hydrogens is 444 g/mol. The fraction of sp³-hybridized carbons (Fsp3) is 0.208. The van der Waals surface area contributed by atoms with E-state index in [9.17, 15) is 8.42 Å². The number of benzene rings is 2. The maximum Gasteiger partial charge on any atom is 0.212 e. The van der Waals surface area contributed by atoms with Gasteiger partial charge in [-0.1, -0.05) is 66.7 Å². The van der Waals surface area contributed by atoms with Crippen LogP contribution in [0.25, 0.3) is 9.88 Å². The zero-order valence-electron chi connectivity index (χ0n) is 17.0. The predicted molar refractivity (Wildman–Crippen MR) is 130 cm³/mol. The zero-order valence-corrected chi connectivity index (χ0v) is 19.4. The molecule has 1 N–H and O–H groups in total. The Kier molecular flexibility index (Phi) is 7.29. The third-order valence-electron chi connectivity index (χ3n) is 4.94. The van der Waals surface area contributed by atoms with Gasteiger partial charge < -0.3 is 0 Å². The van der Waals surface area contributed by atoms with Crippen molar-refractivity contribution in [1.82, 2.24) is 9.71 Å². The van der Waals surface area contributed by atoms with E-state index in [1.165, 1.54) is 0 Å². The number of thiazole rings is 1. The monoisotopic (exact) mass is 468 g/mol. The van der Waals surface area contributed by atoms with Crippen molar-refractivity contribution in [3.63, 3.8) is 0 Å². The minimum absolute atomic E-state index is 0.0924. The molecule has 0 radical (unpaired) electrons. The third kappa shape index (κ3) is 6.33. The molecule has 4 rings (SSSR count). The van der Waals surface area contributed by atoms with Gasteiger partial charge in [0.1, 0.15) is 5.01 Å². The molecule has 1 atom stereocenters. The Labute approximate surface area is 191 Å². The van der Waals surface area contributed by atoms with Crippen LogP contribution in [0.2, 0.25) is 0 Å². The number of thiophene rings is 1. The van der Waals surface area contributed by atoms with Crippen molar-refractivity contribution >= 4 is 32.7 Å². The molecule has 0 aliphatic heterocycles. The van der Waals surface area contributed by atoms with Crippen LogP contribution in [-0.2, 0) is 22.9 Å². The van der Waals surface area contributed by atoms with Crippen LogP contribution in [0.1, 0.15) is 29.3 Å². The lowest BCUT2D eigenvalue weighted by molar-refractivity contribution is 0.549. The smallest absolute Gasteiger partial charge is 0.212 e. The number of nitrogens with zero attached hydrogens (tertiary/aromatic N) is 1. The molecule has 31 heavy (non-hydrogen) atoms.